The van der Waals surface area contributed by atoms with Gasteiger partial charge in [0.05, 0.1) is 20.6 Å². The molecule has 0 aromatic heterocycles. The highest BCUT2D eigenvalue weighted by molar-refractivity contribution is 6.33. The summed E-state index contributed by atoms with van der Waals surface area (Å²) in [5.74, 6) is 0. The van der Waals surface area contributed by atoms with Gasteiger partial charge >= 0.3 is 6.03 Å². The van der Waals surface area contributed by atoms with Crippen molar-refractivity contribution in [3.05, 3.63) is 67.7 Å². The lowest BCUT2D eigenvalue weighted by Crippen LogP contribution is -2.19. The Morgan fingerprint density at radius 1 is 0.913 bits per heavy atom. The number of hydrogen-bond donors (Lipinski definition) is 2. The number of nitrogens with zero attached hydrogens (tertiary/aromatic N) is 2. The van der Waals surface area contributed by atoms with E-state index in [0.717, 1.165) is 6.07 Å². The fourth-order valence-corrected chi connectivity index (χ4v) is 1.84. The maximum atomic E-state index is 11.8. The Morgan fingerprint density at radius 3 is 2.04 bits per heavy atom. The molecule has 0 spiro atoms. The normalized spacial score (nSPS) is 9.96. The van der Waals surface area contributed by atoms with E-state index in [0.29, 0.717) is 5.69 Å². The number of urea groups is 1. The summed E-state index contributed by atoms with van der Waals surface area (Å²) in [5, 5.41) is 26.2. The number of rotatable bonds is 4. The van der Waals surface area contributed by atoms with Crippen LogP contribution in [0.2, 0.25) is 5.02 Å². The second kappa shape index (κ2) is 6.71. The maximum absolute atomic E-state index is 11.8. The van der Waals surface area contributed by atoms with Crippen LogP contribution in [0, 0.1) is 20.2 Å². The van der Waals surface area contributed by atoms with Crippen molar-refractivity contribution in [1.29, 1.82) is 0 Å². The number of hydrogen-bond acceptors (Lipinski definition) is 5. The molecule has 0 heterocycles. The lowest BCUT2D eigenvalue weighted by Gasteiger charge is -2.08. The SMILES string of the molecule is O=C(Nc1ccc([N+](=O)[O-])cc1)Nc1cc([N+](=O)[O-])ccc1Cl. The summed E-state index contributed by atoms with van der Waals surface area (Å²) in [6, 6.07) is 8.10. The van der Waals surface area contributed by atoms with E-state index in [1.54, 1.807) is 0 Å². The number of benzene rings is 2. The summed E-state index contributed by atoms with van der Waals surface area (Å²) < 4.78 is 0. The number of nitro groups is 2. The lowest BCUT2D eigenvalue weighted by molar-refractivity contribution is -0.385. The van der Waals surface area contributed by atoms with Gasteiger partial charge in [0.25, 0.3) is 11.4 Å². The molecule has 0 saturated heterocycles. The van der Waals surface area contributed by atoms with Crippen LogP contribution < -0.4 is 10.6 Å². The molecular formula is C13H9ClN4O5. The molecule has 0 aliphatic carbocycles. The van der Waals surface area contributed by atoms with Crippen LogP contribution >= 0.6 is 11.6 Å². The zero-order chi connectivity index (χ0) is 17.0. The molecule has 2 aromatic rings. The number of anilines is 2. The van der Waals surface area contributed by atoms with E-state index in [4.69, 9.17) is 11.6 Å². The van der Waals surface area contributed by atoms with Crippen molar-refractivity contribution in [2.45, 2.75) is 0 Å². The zero-order valence-corrected chi connectivity index (χ0v) is 12.1. The molecule has 9 nitrogen and oxygen atoms in total. The molecule has 2 aromatic carbocycles. The highest BCUT2D eigenvalue weighted by Gasteiger charge is 2.12. The minimum atomic E-state index is -0.693. The molecule has 0 radical (unpaired) electrons. The number of amides is 2. The molecule has 118 valence electrons. The van der Waals surface area contributed by atoms with Crippen LogP contribution in [0.1, 0.15) is 0 Å². The fraction of sp³-hybridized carbons (Fsp3) is 0. The molecule has 0 unspecified atom stereocenters. The highest BCUT2D eigenvalue weighted by Crippen LogP contribution is 2.26. The standard InChI is InChI=1S/C13H9ClN4O5/c14-11-6-5-10(18(22)23)7-12(11)16-13(19)15-8-1-3-9(4-2-8)17(20)21/h1-7H,(H2,15,16,19). The third-order valence-electron chi connectivity index (χ3n) is 2.74. The van der Waals surface area contributed by atoms with Crippen molar-refractivity contribution in [2.24, 2.45) is 0 Å². The predicted molar refractivity (Wildman–Crippen MR) is 83.8 cm³/mol. The molecular weight excluding hydrogens is 328 g/mol. The van der Waals surface area contributed by atoms with Crippen molar-refractivity contribution < 1.29 is 14.6 Å². The third kappa shape index (κ3) is 4.14. The van der Waals surface area contributed by atoms with Crippen molar-refractivity contribution in [1.82, 2.24) is 0 Å². The Balaban J connectivity index is 2.09. The van der Waals surface area contributed by atoms with E-state index in [9.17, 15) is 25.0 Å². The minimum absolute atomic E-state index is 0.0697. The van der Waals surface area contributed by atoms with Crippen LogP contribution in [0.4, 0.5) is 27.5 Å². The molecule has 2 N–H and O–H groups in total. The quantitative estimate of drug-likeness (QED) is 0.648. The first kappa shape index (κ1) is 16.2. The first-order valence-corrected chi connectivity index (χ1v) is 6.51. The number of carbonyl (C=O) groups excluding carboxylic acids is 1. The largest absolute Gasteiger partial charge is 0.323 e. The van der Waals surface area contributed by atoms with Gasteiger partial charge in [0.2, 0.25) is 0 Å². The number of nitrogens with one attached hydrogen (secondary N) is 2. The maximum Gasteiger partial charge on any atom is 0.323 e. The van der Waals surface area contributed by atoms with Gasteiger partial charge in [-0.2, -0.15) is 0 Å². The van der Waals surface area contributed by atoms with Crippen LogP contribution in [0.5, 0.6) is 0 Å². The van der Waals surface area contributed by atoms with Crippen LogP contribution in [0.25, 0.3) is 0 Å². The topological polar surface area (TPSA) is 127 Å². The number of halogens is 1. The fourth-order valence-electron chi connectivity index (χ4n) is 1.67. The number of nitro benzene ring substituents is 2. The molecule has 2 amide bonds. The van der Waals surface area contributed by atoms with Gasteiger partial charge in [0.1, 0.15) is 0 Å². The highest BCUT2D eigenvalue weighted by atomic mass is 35.5. The molecule has 23 heavy (non-hydrogen) atoms. The van der Waals surface area contributed by atoms with E-state index < -0.39 is 15.9 Å². The summed E-state index contributed by atoms with van der Waals surface area (Å²) in [7, 11) is 0. The molecule has 10 heteroatoms. The number of carbonyl (C=O) groups is 1. The number of non-ortho nitro benzene ring substituents is 2. The van der Waals surface area contributed by atoms with E-state index in [1.807, 2.05) is 0 Å². The minimum Gasteiger partial charge on any atom is -0.308 e. The molecule has 0 aliphatic rings. The van der Waals surface area contributed by atoms with Gasteiger partial charge in [-0.15, -0.1) is 0 Å². The monoisotopic (exact) mass is 336 g/mol. The average Bonchev–Trinajstić information content (AvgIpc) is 2.49. The van der Waals surface area contributed by atoms with Gasteiger partial charge in [-0.05, 0) is 18.2 Å². The van der Waals surface area contributed by atoms with E-state index >= 15 is 0 Å². The first-order chi connectivity index (χ1) is 10.9. The second-order valence-corrected chi connectivity index (χ2v) is 4.71. The summed E-state index contributed by atoms with van der Waals surface area (Å²) in [4.78, 5) is 31.9. The first-order valence-electron chi connectivity index (χ1n) is 6.13. The van der Waals surface area contributed by atoms with E-state index in [-0.39, 0.29) is 22.1 Å². The Hall–Kier alpha value is -3.20. The van der Waals surface area contributed by atoms with E-state index in [1.165, 1.54) is 36.4 Å². The van der Waals surface area contributed by atoms with Crippen LogP contribution in [0.15, 0.2) is 42.5 Å². The van der Waals surface area contributed by atoms with Gasteiger partial charge < -0.3 is 10.6 Å². The Kier molecular flexibility index (Phi) is 4.72. The predicted octanol–water partition coefficient (Wildman–Crippen LogP) is 3.80. The summed E-state index contributed by atoms with van der Waals surface area (Å²) >= 11 is 5.86. The molecule has 0 atom stereocenters. The molecule has 2 rings (SSSR count). The molecule has 0 aliphatic heterocycles. The summed E-state index contributed by atoms with van der Waals surface area (Å²) in [6.45, 7) is 0. The Morgan fingerprint density at radius 2 is 1.48 bits per heavy atom. The molecule has 0 saturated carbocycles. The zero-order valence-electron chi connectivity index (χ0n) is 11.4. The van der Waals surface area contributed by atoms with Crippen molar-refractivity contribution in [2.75, 3.05) is 10.6 Å². The van der Waals surface area contributed by atoms with Crippen LogP contribution in [-0.4, -0.2) is 15.9 Å². The van der Waals surface area contributed by atoms with Gasteiger partial charge in [0.15, 0.2) is 0 Å². The van der Waals surface area contributed by atoms with E-state index in [2.05, 4.69) is 10.6 Å². The van der Waals surface area contributed by atoms with Crippen molar-refractivity contribution in [3.63, 3.8) is 0 Å². The summed E-state index contributed by atoms with van der Waals surface area (Å²) in [6.07, 6.45) is 0. The van der Waals surface area contributed by atoms with Crippen LogP contribution in [-0.2, 0) is 0 Å². The molecule has 0 fully saturated rings. The Bertz CT molecular complexity index is 778. The van der Waals surface area contributed by atoms with Crippen molar-refractivity contribution >= 4 is 40.4 Å². The molecule has 0 bridgehead atoms. The lowest BCUT2D eigenvalue weighted by atomic mass is 10.2. The van der Waals surface area contributed by atoms with Gasteiger partial charge in [0, 0.05) is 30.0 Å². The smallest absolute Gasteiger partial charge is 0.308 e. The van der Waals surface area contributed by atoms with Crippen LogP contribution in [0.3, 0.4) is 0 Å². The second-order valence-electron chi connectivity index (χ2n) is 4.30. The third-order valence-corrected chi connectivity index (χ3v) is 3.07. The Labute approximate surface area is 134 Å². The van der Waals surface area contributed by atoms with Crippen molar-refractivity contribution in [3.8, 4) is 0 Å². The average molecular weight is 337 g/mol. The summed E-state index contributed by atoms with van der Waals surface area (Å²) in [5.41, 5.74) is 0.0488. The van der Waals surface area contributed by atoms with Gasteiger partial charge in [-0.3, -0.25) is 20.2 Å². The van der Waals surface area contributed by atoms with Gasteiger partial charge in [-0.1, -0.05) is 11.6 Å². The van der Waals surface area contributed by atoms with Gasteiger partial charge in [-0.25, -0.2) is 4.79 Å².